The summed E-state index contributed by atoms with van der Waals surface area (Å²) in [7, 11) is 0.968. The van der Waals surface area contributed by atoms with Gasteiger partial charge < -0.3 is 15.0 Å². The second kappa shape index (κ2) is 9.70. The molecular formula is C23H31N3O4S. The van der Waals surface area contributed by atoms with Crippen molar-refractivity contribution in [3.8, 4) is 5.75 Å². The van der Waals surface area contributed by atoms with Crippen LogP contribution in [0.2, 0.25) is 0 Å². The number of anilines is 1. The van der Waals surface area contributed by atoms with Crippen molar-refractivity contribution in [2.24, 2.45) is 0 Å². The Labute approximate surface area is 185 Å². The maximum atomic E-state index is 13.1. The second-order valence-corrected chi connectivity index (χ2v) is 10.1. The summed E-state index contributed by atoms with van der Waals surface area (Å²) in [5.74, 6) is 0.515. The summed E-state index contributed by atoms with van der Waals surface area (Å²) in [6.07, 6.45) is 2.74. The van der Waals surface area contributed by atoms with E-state index in [0.29, 0.717) is 18.5 Å². The minimum absolute atomic E-state index is 0.117. The van der Waals surface area contributed by atoms with Crippen LogP contribution in [0.3, 0.4) is 0 Å². The van der Waals surface area contributed by atoms with Gasteiger partial charge in [0, 0.05) is 39.4 Å². The highest BCUT2D eigenvalue weighted by molar-refractivity contribution is 7.89. The summed E-state index contributed by atoms with van der Waals surface area (Å²) in [4.78, 5) is 15.4. The molecule has 8 heteroatoms. The van der Waals surface area contributed by atoms with Gasteiger partial charge in [0.05, 0.1) is 17.6 Å². The summed E-state index contributed by atoms with van der Waals surface area (Å²) >= 11 is 0. The molecular weight excluding hydrogens is 414 g/mol. The lowest BCUT2D eigenvalue weighted by molar-refractivity contribution is 0.0954. The lowest BCUT2D eigenvalue weighted by Gasteiger charge is -2.22. The molecule has 0 spiro atoms. The SMILES string of the molecule is COc1ccc(C)cc1CCNC(=O)c1cc(S(=O)(=O)N(C)C)ccc1N1CCCC1. The molecule has 1 heterocycles. The monoisotopic (exact) mass is 445 g/mol. The average Bonchev–Trinajstić information content (AvgIpc) is 3.28. The number of methoxy groups -OCH3 is 1. The third-order valence-electron chi connectivity index (χ3n) is 5.55. The number of carbonyl (C=O) groups is 1. The number of nitrogens with one attached hydrogen (secondary N) is 1. The van der Waals surface area contributed by atoms with Crippen LogP contribution in [0, 0.1) is 6.92 Å². The van der Waals surface area contributed by atoms with E-state index >= 15 is 0 Å². The Balaban J connectivity index is 1.83. The Morgan fingerprint density at radius 2 is 1.84 bits per heavy atom. The highest BCUT2D eigenvalue weighted by Crippen LogP contribution is 2.28. The number of carbonyl (C=O) groups excluding carboxylic acids is 1. The molecule has 2 aromatic carbocycles. The zero-order valence-corrected chi connectivity index (χ0v) is 19.5. The van der Waals surface area contributed by atoms with Gasteiger partial charge in [-0.05, 0) is 56.0 Å². The fraction of sp³-hybridized carbons (Fsp3) is 0.435. The van der Waals surface area contributed by atoms with Crippen molar-refractivity contribution in [2.75, 3.05) is 45.7 Å². The second-order valence-electron chi connectivity index (χ2n) is 7.98. The first kappa shape index (κ1) is 23.1. The van der Waals surface area contributed by atoms with Gasteiger partial charge in [-0.25, -0.2) is 12.7 Å². The van der Waals surface area contributed by atoms with E-state index in [1.807, 2.05) is 25.1 Å². The smallest absolute Gasteiger partial charge is 0.253 e. The molecule has 7 nitrogen and oxygen atoms in total. The van der Waals surface area contributed by atoms with Crippen LogP contribution in [-0.2, 0) is 16.4 Å². The summed E-state index contributed by atoms with van der Waals surface area (Å²) < 4.78 is 31.8. The van der Waals surface area contributed by atoms with Gasteiger partial charge in [0.25, 0.3) is 5.91 Å². The molecule has 0 atom stereocenters. The number of nitrogens with zero attached hydrogens (tertiary/aromatic N) is 2. The number of rotatable bonds is 8. The van der Waals surface area contributed by atoms with Crippen LogP contribution in [-0.4, -0.2) is 59.5 Å². The highest BCUT2D eigenvalue weighted by Gasteiger charge is 2.24. The molecule has 0 bridgehead atoms. The minimum atomic E-state index is -3.63. The van der Waals surface area contributed by atoms with Gasteiger partial charge in [-0.3, -0.25) is 4.79 Å². The summed E-state index contributed by atoms with van der Waals surface area (Å²) in [6.45, 7) is 4.16. The Morgan fingerprint density at radius 1 is 1.13 bits per heavy atom. The Morgan fingerprint density at radius 3 is 2.48 bits per heavy atom. The van der Waals surface area contributed by atoms with Gasteiger partial charge in [-0.1, -0.05) is 17.7 Å². The molecule has 1 saturated heterocycles. The van der Waals surface area contributed by atoms with E-state index in [-0.39, 0.29) is 10.8 Å². The highest BCUT2D eigenvalue weighted by atomic mass is 32.2. The van der Waals surface area contributed by atoms with Gasteiger partial charge >= 0.3 is 0 Å². The summed E-state index contributed by atoms with van der Waals surface area (Å²) in [5, 5.41) is 2.96. The maximum Gasteiger partial charge on any atom is 0.253 e. The molecule has 1 amide bonds. The predicted octanol–water partition coefficient (Wildman–Crippen LogP) is 2.83. The summed E-state index contributed by atoms with van der Waals surface area (Å²) in [5.41, 5.74) is 3.31. The summed E-state index contributed by atoms with van der Waals surface area (Å²) in [6, 6.07) is 10.8. The molecule has 0 radical (unpaired) electrons. The number of aryl methyl sites for hydroxylation is 1. The largest absolute Gasteiger partial charge is 0.496 e. The van der Waals surface area contributed by atoms with E-state index < -0.39 is 10.0 Å². The van der Waals surface area contributed by atoms with Gasteiger partial charge in [0.15, 0.2) is 0 Å². The molecule has 168 valence electrons. The quantitative estimate of drug-likeness (QED) is 0.676. The lowest BCUT2D eigenvalue weighted by atomic mass is 10.1. The minimum Gasteiger partial charge on any atom is -0.496 e. The molecule has 1 aliphatic heterocycles. The first-order valence-corrected chi connectivity index (χ1v) is 11.9. The molecule has 1 fully saturated rings. The van der Waals surface area contributed by atoms with E-state index in [0.717, 1.165) is 52.8 Å². The third-order valence-corrected chi connectivity index (χ3v) is 7.36. The number of hydrogen-bond donors (Lipinski definition) is 1. The van der Waals surface area contributed by atoms with Crippen molar-refractivity contribution < 1.29 is 17.9 Å². The predicted molar refractivity (Wildman–Crippen MR) is 123 cm³/mol. The molecule has 2 aromatic rings. The van der Waals surface area contributed by atoms with E-state index in [2.05, 4.69) is 10.2 Å². The van der Waals surface area contributed by atoms with Crippen LogP contribution in [0.15, 0.2) is 41.3 Å². The van der Waals surface area contributed by atoms with Crippen molar-refractivity contribution in [3.63, 3.8) is 0 Å². The molecule has 0 saturated carbocycles. The Kier molecular flexibility index (Phi) is 7.23. The topological polar surface area (TPSA) is 78.9 Å². The fourth-order valence-corrected chi connectivity index (χ4v) is 4.74. The van der Waals surface area contributed by atoms with Crippen LogP contribution < -0.4 is 15.0 Å². The number of hydrogen-bond acceptors (Lipinski definition) is 5. The average molecular weight is 446 g/mol. The number of benzene rings is 2. The lowest BCUT2D eigenvalue weighted by Crippen LogP contribution is -2.30. The molecule has 1 N–H and O–H groups in total. The van der Waals surface area contributed by atoms with Crippen molar-refractivity contribution >= 4 is 21.6 Å². The van der Waals surface area contributed by atoms with E-state index in [4.69, 9.17) is 4.74 Å². The fourth-order valence-electron chi connectivity index (χ4n) is 3.81. The van der Waals surface area contributed by atoms with E-state index in [1.54, 1.807) is 19.2 Å². The van der Waals surface area contributed by atoms with Crippen LogP contribution in [0.1, 0.15) is 34.3 Å². The van der Waals surface area contributed by atoms with Crippen LogP contribution >= 0.6 is 0 Å². The zero-order chi connectivity index (χ0) is 22.6. The zero-order valence-electron chi connectivity index (χ0n) is 18.6. The first-order valence-electron chi connectivity index (χ1n) is 10.5. The molecule has 0 aromatic heterocycles. The van der Waals surface area contributed by atoms with E-state index in [9.17, 15) is 13.2 Å². The van der Waals surface area contributed by atoms with Crippen LogP contribution in [0.4, 0.5) is 5.69 Å². The van der Waals surface area contributed by atoms with Crippen molar-refractivity contribution in [1.82, 2.24) is 9.62 Å². The third kappa shape index (κ3) is 5.19. The number of sulfonamides is 1. The van der Waals surface area contributed by atoms with Crippen molar-refractivity contribution in [1.29, 1.82) is 0 Å². The van der Waals surface area contributed by atoms with Gasteiger partial charge in [-0.2, -0.15) is 0 Å². The Bertz CT molecular complexity index is 1040. The van der Waals surface area contributed by atoms with Gasteiger partial charge in [0.2, 0.25) is 10.0 Å². The molecule has 3 rings (SSSR count). The van der Waals surface area contributed by atoms with Crippen molar-refractivity contribution in [3.05, 3.63) is 53.1 Å². The van der Waals surface area contributed by atoms with Gasteiger partial charge in [0.1, 0.15) is 5.75 Å². The molecule has 0 unspecified atom stereocenters. The molecule has 31 heavy (non-hydrogen) atoms. The molecule has 1 aliphatic rings. The first-order chi connectivity index (χ1) is 14.7. The maximum absolute atomic E-state index is 13.1. The van der Waals surface area contributed by atoms with E-state index in [1.165, 1.54) is 20.2 Å². The molecule has 0 aliphatic carbocycles. The number of amides is 1. The van der Waals surface area contributed by atoms with Crippen LogP contribution in [0.5, 0.6) is 5.75 Å². The Hall–Kier alpha value is -2.58. The van der Waals surface area contributed by atoms with Gasteiger partial charge in [-0.15, -0.1) is 0 Å². The van der Waals surface area contributed by atoms with Crippen LogP contribution in [0.25, 0.3) is 0 Å². The normalized spacial score (nSPS) is 14.2. The standard InChI is InChI=1S/C23H31N3O4S/c1-17-7-10-22(30-4)18(15-17)11-12-24-23(27)20-16-19(31(28,29)25(2)3)8-9-21(20)26-13-5-6-14-26/h7-10,15-16H,5-6,11-14H2,1-4H3,(H,24,27). The number of ether oxygens (including phenoxy) is 1. The van der Waals surface area contributed by atoms with Crippen molar-refractivity contribution in [2.45, 2.75) is 31.1 Å².